The number of para-hydroxylation sites is 2. The van der Waals surface area contributed by atoms with E-state index in [2.05, 4.69) is 4.98 Å². The molecule has 0 saturated carbocycles. The van der Waals surface area contributed by atoms with Crippen molar-refractivity contribution in [2.75, 3.05) is 9.80 Å². The number of carbonyl (C=O) groups excluding carboxylic acids is 3. The molecule has 0 radical (unpaired) electrons. The van der Waals surface area contributed by atoms with Crippen molar-refractivity contribution in [1.29, 1.82) is 0 Å². The fourth-order valence-corrected chi connectivity index (χ4v) is 7.04. The summed E-state index contributed by atoms with van der Waals surface area (Å²) in [5, 5.41) is 0.413. The van der Waals surface area contributed by atoms with Crippen molar-refractivity contribution >= 4 is 50.7 Å². The van der Waals surface area contributed by atoms with Gasteiger partial charge in [0.2, 0.25) is 5.76 Å². The lowest BCUT2D eigenvalue weighted by Gasteiger charge is -2.32. The van der Waals surface area contributed by atoms with Crippen LogP contribution in [0.4, 0.5) is 10.8 Å². The number of ketones is 1. The molecule has 2 amide bonds. The van der Waals surface area contributed by atoms with Gasteiger partial charge in [-0.2, -0.15) is 0 Å². The van der Waals surface area contributed by atoms with E-state index in [0.717, 1.165) is 22.5 Å². The lowest BCUT2D eigenvalue weighted by molar-refractivity contribution is -0.121. The maximum atomic E-state index is 15.0. The number of benzene rings is 3. The highest BCUT2D eigenvalue weighted by atomic mass is 32.1. The van der Waals surface area contributed by atoms with E-state index in [9.17, 15) is 19.2 Å². The Morgan fingerprint density at radius 2 is 1.66 bits per heavy atom. The average Bonchev–Trinajstić information content (AvgIpc) is 3.55. The Morgan fingerprint density at radius 3 is 2.41 bits per heavy atom. The van der Waals surface area contributed by atoms with Gasteiger partial charge in [0, 0.05) is 12.5 Å². The molecule has 3 aromatic carbocycles. The van der Waals surface area contributed by atoms with E-state index in [-0.39, 0.29) is 39.8 Å². The zero-order valence-electron chi connectivity index (χ0n) is 22.4. The van der Waals surface area contributed by atoms with Crippen LogP contribution in [0.15, 0.2) is 82.0 Å². The highest BCUT2D eigenvalue weighted by Gasteiger charge is 2.66. The molecule has 0 bridgehead atoms. The Hall–Kier alpha value is -4.89. The third kappa shape index (κ3) is 3.29. The zero-order valence-corrected chi connectivity index (χ0v) is 23.2. The fourth-order valence-electron chi connectivity index (χ4n) is 6.03. The molecule has 5 aromatic rings. The standard InChI is InChI=1S/C32H23N3O5S/c1-17-10-4-5-11-20(17)16-34-23-14-8-7-13-22(23)32(30(34)39)25-26(37)21-12-6-9-15-24(21)40-27(25)29(38)35(32)31-33-18(2)28(41-31)19(3)36/h4-15H,16H2,1-3H3. The summed E-state index contributed by atoms with van der Waals surface area (Å²) in [6, 6.07) is 21.6. The molecule has 41 heavy (non-hydrogen) atoms. The maximum Gasteiger partial charge on any atom is 0.297 e. The molecule has 1 unspecified atom stereocenters. The van der Waals surface area contributed by atoms with E-state index in [0.29, 0.717) is 21.8 Å². The van der Waals surface area contributed by atoms with E-state index in [4.69, 9.17) is 4.42 Å². The third-order valence-corrected chi connectivity index (χ3v) is 9.16. The molecule has 0 fully saturated rings. The second kappa shape index (κ2) is 8.81. The molecule has 2 aliphatic heterocycles. The van der Waals surface area contributed by atoms with E-state index < -0.39 is 22.8 Å². The average molecular weight is 562 g/mol. The minimum Gasteiger partial charge on any atom is -0.450 e. The Bertz CT molecular complexity index is 2030. The van der Waals surface area contributed by atoms with Gasteiger partial charge in [0.05, 0.1) is 33.8 Å². The van der Waals surface area contributed by atoms with Gasteiger partial charge in [0.1, 0.15) is 5.58 Å². The zero-order chi connectivity index (χ0) is 28.6. The quantitative estimate of drug-likeness (QED) is 0.268. The summed E-state index contributed by atoms with van der Waals surface area (Å²) in [4.78, 5) is 63.8. The van der Waals surface area contributed by atoms with Crippen LogP contribution in [0.3, 0.4) is 0 Å². The number of aromatic nitrogens is 1. The molecule has 9 heteroatoms. The second-order valence-electron chi connectivity index (χ2n) is 10.3. The van der Waals surface area contributed by atoms with E-state index in [1.807, 2.05) is 43.3 Å². The predicted octanol–water partition coefficient (Wildman–Crippen LogP) is 5.52. The van der Waals surface area contributed by atoms with Gasteiger partial charge >= 0.3 is 0 Å². The number of hydrogen-bond acceptors (Lipinski definition) is 7. The summed E-state index contributed by atoms with van der Waals surface area (Å²) in [5.41, 5.74) is 1.32. The number of fused-ring (bicyclic) bond motifs is 5. The normalized spacial score (nSPS) is 17.5. The van der Waals surface area contributed by atoms with Crippen LogP contribution >= 0.6 is 11.3 Å². The lowest BCUT2D eigenvalue weighted by atomic mass is 9.84. The van der Waals surface area contributed by atoms with Crippen molar-refractivity contribution in [2.45, 2.75) is 32.9 Å². The smallest absolute Gasteiger partial charge is 0.297 e. The second-order valence-corrected chi connectivity index (χ2v) is 11.3. The maximum absolute atomic E-state index is 15.0. The Morgan fingerprint density at radius 1 is 0.951 bits per heavy atom. The van der Waals surface area contributed by atoms with E-state index >= 15 is 0 Å². The number of hydrogen-bond donors (Lipinski definition) is 0. The third-order valence-electron chi connectivity index (χ3n) is 7.92. The van der Waals surface area contributed by atoms with Gasteiger partial charge in [0.15, 0.2) is 21.9 Å². The number of anilines is 2. The number of carbonyl (C=O) groups is 3. The predicted molar refractivity (Wildman–Crippen MR) is 156 cm³/mol. The van der Waals surface area contributed by atoms with Gasteiger partial charge < -0.3 is 9.32 Å². The number of Topliss-reactive ketones (excluding diaryl/α,β-unsaturated/α-hetero) is 1. The number of aryl methyl sites for hydroxylation is 2. The molecule has 7 rings (SSSR count). The highest BCUT2D eigenvalue weighted by molar-refractivity contribution is 7.17. The lowest BCUT2D eigenvalue weighted by Crippen LogP contribution is -2.53. The topological polar surface area (TPSA) is 101 Å². The van der Waals surface area contributed by atoms with Crippen LogP contribution in [0, 0.1) is 13.8 Å². The van der Waals surface area contributed by atoms with Crippen molar-refractivity contribution in [3.8, 4) is 0 Å². The number of rotatable bonds is 4. The van der Waals surface area contributed by atoms with Crippen molar-refractivity contribution in [2.24, 2.45) is 0 Å². The molecule has 1 atom stereocenters. The molecule has 2 aliphatic rings. The first kappa shape index (κ1) is 25.1. The molecule has 0 N–H and O–H groups in total. The van der Waals surface area contributed by atoms with E-state index in [1.54, 1.807) is 48.2 Å². The van der Waals surface area contributed by atoms with Crippen molar-refractivity contribution < 1.29 is 18.8 Å². The van der Waals surface area contributed by atoms with Crippen molar-refractivity contribution in [1.82, 2.24) is 4.98 Å². The fraction of sp³-hybridized carbons (Fsp3) is 0.156. The summed E-state index contributed by atoms with van der Waals surface area (Å²) in [5.74, 6) is -1.53. The number of nitrogens with zero attached hydrogens (tertiary/aromatic N) is 3. The van der Waals surface area contributed by atoms with Crippen LogP contribution in [-0.4, -0.2) is 22.6 Å². The summed E-state index contributed by atoms with van der Waals surface area (Å²) < 4.78 is 6.10. The van der Waals surface area contributed by atoms with Crippen LogP contribution in [0.25, 0.3) is 11.0 Å². The van der Waals surface area contributed by atoms with Gasteiger partial charge in [-0.15, -0.1) is 0 Å². The van der Waals surface area contributed by atoms with Crippen LogP contribution in [0.5, 0.6) is 0 Å². The minimum absolute atomic E-state index is 0.0387. The summed E-state index contributed by atoms with van der Waals surface area (Å²) >= 11 is 1.02. The van der Waals surface area contributed by atoms with Gasteiger partial charge in [-0.05, 0) is 43.2 Å². The Balaban J connectivity index is 1.57. The van der Waals surface area contributed by atoms with Gasteiger partial charge in [-0.1, -0.05) is 65.9 Å². The molecule has 0 saturated heterocycles. The van der Waals surface area contributed by atoms with Crippen molar-refractivity contribution in [3.63, 3.8) is 0 Å². The van der Waals surface area contributed by atoms with Gasteiger partial charge in [-0.3, -0.25) is 24.1 Å². The number of amides is 2. The molecular weight excluding hydrogens is 538 g/mol. The molecule has 4 heterocycles. The SMILES string of the molecule is CC(=O)c1sc(N2C(=O)c3oc4ccccc4c(=O)c3C23C(=O)N(Cc2ccccc2C)c2ccccc23)nc1C. The number of thiazole rings is 1. The largest absolute Gasteiger partial charge is 0.450 e. The highest BCUT2D eigenvalue weighted by Crippen LogP contribution is 2.55. The minimum atomic E-state index is -1.87. The Kier molecular flexibility index (Phi) is 5.39. The Labute approximate surface area is 238 Å². The molecule has 8 nitrogen and oxygen atoms in total. The first-order valence-corrected chi connectivity index (χ1v) is 13.9. The van der Waals surface area contributed by atoms with Crippen LogP contribution < -0.4 is 15.2 Å². The molecule has 2 aromatic heterocycles. The van der Waals surface area contributed by atoms with Crippen LogP contribution in [0.1, 0.15) is 55.1 Å². The molecule has 0 aliphatic carbocycles. The van der Waals surface area contributed by atoms with Gasteiger partial charge in [0.25, 0.3) is 11.8 Å². The summed E-state index contributed by atoms with van der Waals surface area (Å²) in [7, 11) is 0. The monoisotopic (exact) mass is 561 g/mol. The molecule has 1 spiro atoms. The van der Waals surface area contributed by atoms with Crippen LogP contribution in [-0.2, 0) is 16.9 Å². The first-order chi connectivity index (χ1) is 19.7. The molecular formula is C32H23N3O5S. The van der Waals surface area contributed by atoms with E-state index in [1.165, 1.54) is 11.8 Å². The molecule has 202 valence electrons. The van der Waals surface area contributed by atoms with Crippen LogP contribution in [0.2, 0.25) is 0 Å². The van der Waals surface area contributed by atoms with Crippen molar-refractivity contribution in [3.05, 3.63) is 122 Å². The summed E-state index contributed by atoms with van der Waals surface area (Å²) in [6.07, 6.45) is 0. The first-order valence-electron chi connectivity index (χ1n) is 13.1. The summed E-state index contributed by atoms with van der Waals surface area (Å²) in [6.45, 7) is 5.32. The van der Waals surface area contributed by atoms with Gasteiger partial charge in [-0.25, -0.2) is 4.98 Å².